The Morgan fingerprint density at radius 3 is 2.74 bits per heavy atom. The average molecular weight is 272 g/mol. The summed E-state index contributed by atoms with van der Waals surface area (Å²) < 4.78 is 5.65. The van der Waals surface area contributed by atoms with Crippen LogP contribution in [0.1, 0.15) is 47.0 Å². The number of rotatable bonds is 8. The molecule has 0 bridgehead atoms. The molecule has 3 unspecified atom stereocenters. The largest absolute Gasteiger partial charge is 0.394 e. The fourth-order valence-electron chi connectivity index (χ4n) is 2.76. The fraction of sp³-hybridized carbons (Fsp3) is 1.00. The van der Waals surface area contributed by atoms with E-state index < -0.39 is 0 Å². The molecule has 2 N–H and O–H groups in total. The summed E-state index contributed by atoms with van der Waals surface area (Å²) in [5, 5.41) is 12.8. The van der Waals surface area contributed by atoms with Gasteiger partial charge in [0.1, 0.15) is 0 Å². The van der Waals surface area contributed by atoms with Crippen LogP contribution in [0.15, 0.2) is 0 Å². The first-order chi connectivity index (χ1) is 9.00. The van der Waals surface area contributed by atoms with E-state index in [4.69, 9.17) is 4.74 Å². The highest BCUT2D eigenvalue weighted by Gasteiger charge is 2.24. The zero-order valence-corrected chi connectivity index (χ0v) is 13.1. The summed E-state index contributed by atoms with van der Waals surface area (Å²) in [6, 6.07) is 0.536. The van der Waals surface area contributed by atoms with Crippen LogP contribution in [0.5, 0.6) is 0 Å². The van der Waals surface area contributed by atoms with Crippen molar-refractivity contribution in [1.29, 1.82) is 0 Å². The first-order valence-corrected chi connectivity index (χ1v) is 7.72. The van der Waals surface area contributed by atoms with E-state index in [-0.39, 0.29) is 12.1 Å². The van der Waals surface area contributed by atoms with Gasteiger partial charge in [0.25, 0.3) is 0 Å². The van der Waals surface area contributed by atoms with Gasteiger partial charge in [-0.3, -0.25) is 4.90 Å². The Labute approximate surface area is 118 Å². The maximum atomic E-state index is 9.45. The Hall–Kier alpha value is -0.160. The number of nitrogens with one attached hydrogen (secondary N) is 1. The van der Waals surface area contributed by atoms with Crippen LogP contribution in [0.2, 0.25) is 0 Å². The van der Waals surface area contributed by atoms with E-state index in [1.54, 1.807) is 0 Å². The van der Waals surface area contributed by atoms with Crippen molar-refractivity contribution in [3.8, 4) is 0 Å². The molecule has 114 valence electrons. The molecule has 0 spiro atoms. The van der Waals surface area contributed by atoms with Crippen molar-refractivity contribution >= 4 is 0 Å². The van der Waals surface area contributed by atoms with Gasteiger partial charge in [0.2, 0.25) is 0 Å². The molecule has 1 aliphatic heterocycles. The summed E-state index contributed by atoms with van der Waals surface area (Å²) in [5.74, 6) is 0. The van der Waals surface area contributed by atoms with E-state index in [1.165, 1.54) is 6.42 Å². The van der Waals surface area contributed by atoms with E-state index in [9.17, 15) is 5.11 Å². The molecule has 4 heteroatoms. The summed E-state index contributed by atoms with van der Waals surface area (Å²) in [6.45, 7) is 12.7. The zero-order chi connectivity index (χ0) is 14.3. The first kappa shape index (κ1) is 16.9. The van der Waals surface area contributed by atoms with Crippen LogP contribution in [-0.4, -0.2) is 60.5 Å². The zero-order valence-electron chi connectivity index (χ0n) is 13.1. The SMILES string of the molecule is CCNC(C)(CO)CCCCN1CC(C)OCC1C. The third kappa shape index (κ3) is 5.78. The Balaban J connectivity index is 2.22. The van der Waals surface area contributed by atoms with Gasteiger partial charge in [0.15, 0.2) is 0 Å². The lowest BCUT2D eigenvalue weighted by atomic mass is 9.95. The monoisotopic (exact) mass is 272 g/mol. The molecule has 4 nitrogen and oxygen atoms in total. The van der Waals surface area contributed by atoms with Crippen molar-refractivity contribution in [3.63, 3.8) is 0 Å². The van der Waals surface area contributed by atoms with Crippen molar-refractivity contribution < 1.29 is 9.84 Å². The van der Waals surface area contributed by atoms with Crippen LogP contribution in [0, 0.1) is 0 Å². The number of hydrogen-bond donors (Lipinski definition) is 2. The van der Waals surface area contributed by atoms with Crippen molar-refractivity contribution in [2.24, 2.45) is 0 Å². The number of nitrogens with zero attached hydrogens (tertiary/aromatic N) is 1. The highest BCUT2D eigenvalue weighted by Crippen LogP contribution is 2.16. The van der Waals surface area contributed by atoms with Crippen molar-refractivity contribution in [1.82, 2.24) is 10.2 Å². The second-order valence-electron chi connectivity index (χ2n) is 6.19. The number of ether oxygens (including phenoxy) is 1. The number of unbranched alkanes of at least 4 members (excludes halogenated alkanes) is 1. The van der Waals surface area contributed by atoms with Crippen molar-refractivity contribution in [2.45, 2.75) is 64.6 Å². The maximum Gasteiger partial charge on any atom is 0.0674 e. The number of morpholine rings is 1. The Morgan fingerprint density at radius 2 is 2.11 bits per heavy atom. The maximum absolute atomic E-state index is 9.45. The summed E-state index contributed by atoms with van der Waals surface area (Å²) in [4.78, 5) is 2.53. The van der Waals surface area contributed by atoms with E-state index >= 15 is 0 Å². The quantitative estimate of drug-likeness (QED) is 0.659. The molecule has 3 atom stereocenters. The van der Waals surface area contributed by atoms with Gasteiger partial charge in [0.05, 0.1) is 19.3 Å². The Morgan fingerprint density at radius 1 is 1.37 bits per heavy atom. The second-order valence-corrected chi connectivity index (χ2v) is 6.19. The number of aliphatic hydroxyl groups is 1. The number of likely N-dealkylation sites (N-methyl/N-ethyl adjacent to an activating group) is 1. The van der Waals surface area contributed by atoms with Crippen LogP contribution in [-0.2, 0) is 4.74 Å². The molecule has 0 radical (unpaired) electrons. The molecular weight excluding hydrogens is 240 g/mol. The van der Waals surface area contributed by atoms with Crippen LogP contribution >= 0.6 is 0 Å². The molecular formula is C15H32N2O2. The molecule has 19 heavy (non-hydrogen) atoms. The summed E-state index contributed by atoms with van der Waals surface area (Å²) in [7, 11) is 0. The van der Waals surface area contributed by atoms with Gasteiger partial charge in [0, 0.05) is 18.1 Å². The molecule has 0 saturated carbocycles. The molecule has 0 aromatic heterocycles. The highest BCUT2D eigenvalue weighted by molar-refractivity contribution is 4.82. The minimum Gasteiger partial charge on any atom is -0.394 e. The molecule has 0 aliphatic carbocycles. The molecule has 1 aliphatic rings. The van der Waals surface area contributed by atoms with Crippen molar-refractivity contribution in [3.05, 3.63) is 0 Å². The van der Waals surface area contributed by atoms with Gasteiger partial charge in [-0.05, 0) is 46.7 Å². The normalized spacial score (nSPS) is 28.3. The number of hydrogen-bond acceptors (Lipinski definition) is 4. The minimum atomic E-state index is -0.112. The molecule has 1 saturated heterocycles. The second kappa shape index (κ2) is 8.20. The average Bonchev–Trinajstić information content (AvgIpc) is 2.39. The summed E-state index contributed by atoms with van der Waals surface area (Å²) in [6.07, 6.45) is 3.74. The molecule has 1 rings (SSSR count). The van der Waals surface area contributed by atoms with Crippen LogP contribution in [0.3, 0.4) is 0 Å². The lowest BCUT2D eigenvalue weighted by molar-refractivity contribution is -0.0498. The lowest BCUT2D eigenvalue weighted by Crippen LogP contribution is -2.48. The van der Waals surface area contributed by atoms with Gasteiger partial charge < -0.3 is 15.2 Å². The van der Waals surface area contributed by atoms with E-state index in [2.05, 4.69) is 37.9 Å². The Kier molecular flexibility index (Phi) is 7.29. The molecule has 0 aromatic carbocycles. The van der Waals surface area contributed by atoms with E-state index in [1.807, 2.05) is 0 Å². The molecule has 1 fully saturated rings. The van der Waals surface area contributed by atoms with Gasteiger partial charge in [-0.1, -0.05) is 13.3 Å². The van der Waals surface area contributed by atoms with E-state index in [0.717, 1.165) is 39.1 Å². The summed E-state index contributed by atoms with van der Waals surface area (Å²) >= 11 is 0. The van der Waals surface area contributed by atoms with Crippen LogP contribution < -0.4 is 5.32 Å². The summed E-state index contributed by atoms with van der Waals surface area (Å²) in [5.41, 5.74) is -0.112. The van der Waals surface area contributed by atoms with Crippen LogP contribution in [0.4, 0.5) is 0 Å². The van der Waals surface area contributed by atoms with Gasteiger partial charge in [-0.2, -0.15) is 0 Å². The van der Waals surface area contributed by atoms with Crippen molar-refractivity contribution in [2.75, 3.05) is 32.8 Å². The third-order valence-electron chi connectivity index (χ3n) is 4.11. The van der Waals surface area contributed by atoms with Gasteiger partial charge >= 0.3 is 0 Å². The highest BCUT2D eigenvalue weighted by atomic mass is 16.5. The molecule has 0 aromatic rings. The Bertz CT molecular complexity index is 250. The van der Waals surface area contributed by atoms with Gasteiger partial charge in [-0.15, -0.1) is 0 Å². The minimum absolute atomic E-state index is 0.112. The van der Waals surface area contributed by atoms with Crippen LogP contribution in [0.25, 0.3) is 0 Å². The number of aliphatic hydroxyl groups excluding tert-OH is 1. The standard InChI is InChI=1S/C15H32N2O2/c1-5-16-15(4,12-18)8-6-7-9-17-10-14(3)19-11-13(17)2/h13-14,16,18H,5-12H2,1-4H3. The molecule has 0 amide bonds. The topological polar surface area (TPSA) is 44.7 Å². The van der Waals surface area contributed by atoms with E-state index in [0.29, 0.717) is 12.1 Å². The third-order valence-corrected chi connectivity index (χ3v) is 4.11. The predicted molar refractivity (Wildman–Crippen MR) is 79.5 cm³/mol. The predicted octanol–water partition coefficient (Wildman–Crippen LogP) is 1.63. The van der Waals surface area contributed by atoms with Gasteiger partial charge in [-0.25, -0.2) is 0 Å². The lowest BCUT2D eigenvalue weighted by Gasteiger charge is -2.37. The first-order valence-electron chi connectivity index (χ1n) is 7.72. The fourth-order valence-corrected chi connectivity index (χ4v) is 2.76. The smallest absolute Gasteiger partial charge is 0.0674 e. The molecule has 1 heterocycles.